The molecule has 1 N–H and O–H groups in total. The summed E-state index contributed by atoms with van der Waals surface area (Å²) in [5.41, 5.74) is 1.70. The quantitative estimate of drug-likeness (QED) is 0.738. The third-order valence-electron chi connectivity index (χ3n) is 4.57. The molecule has 2 aromatic heterocycles. The third kappa shape index (κ3) is 4.49. The van der Waals surface area contributed by atoms with Crippen molar-refractivity contribution < 1.29 is 4.79 Å². The summed E-state index contributed by atoms with van der Waals surface area (Å²) in [5.74, 6) is 0.613. The number of hydrogen-bond donors (Lipinski definition) is 1. The van der Waals surface area contributed by atoms with Crippen molar-refractivity contribution in [3.8, 4) is 0 Å². The van der Waals surface area contributed by atoms with Crippen LogP contribution in [0.4, 0.5) is 5.95 Å². The van der Waals surface area contributed by atoms with E-state index >= 15 is 0 Å². The fraction of sp³-hybridized carbons (Fsp3) is 0.300. The topological polar surface area (TPSA) is 71.0 Å². The number of thiazole rings is 1. The van der Waals surface area contributed by atoms with Gasteiger partial charge in [0, 0.05) is 43.3 Å². The number of nitrogens with zero attached hydrogens (tertiary/aromatic N) is 4. The summed E-state index contributed by atoms with van der Waals surface area (Å²) in [6.07, 6.45) is 6.19. The zero-order valence-electron chi connectivity index (χ0n) is 14.9. The monoisotopic (exact) mass is 379 g/mol. The van der Waals surface area contributed by atoms with E-state index in [1.54, 1.807) is 12.4 Å². The molecule has 138 valence electrons. The minimum atomic E-state index is -0.105. The van der Waals surface area contributed by atoms with Gasteiger partial charge in [-0.3, -0.25) is 4.79 Å². The standard InChI is InChI=1S/C20H21N5OS/c26-19(17-14-27-18(24-17)12-15-6-2-1-3-7-15)23-16-8-4-11-25(13-16)20-21-9-5-10-22-20/h1-3,5-7,9-10,14,16H,4,8,11-13H2,(H,23,26)/t16-/m0/s1. The van der Waals surface area contributed by atoms with Gasteiger partial charge >= 0.3 is 0 Å². The van der Waals surface area contributed by atoms with Crippen LogP contribution in [-0.4, -0.2) is 40.0 Å². The molecule has 6 nitrogen and oxygen atoms in total. The Labute approximate surface area is 162 Å². The van der Waals surface area contributed by atoms with Crippen molar-refractivity contribution in [3.63, 3.8) is 0 Å². The van der Waals surface area contributed by atoms with Crippen LogP contribution in [0.3, 0.4) is 0 Å². The highest BCUT2D eigenvalue weighted by molar-refractivity contribution is 7.09. The maximum absolute atomic E-state index is 12.6. The first kappa shape index (κ1) is 17.6. The van der Waals surface area contributed by atoms with E-state index in [0.29, 0.717) is 5.69 Å². The third-order valence-corrected chi connectivity index (χ3v) is 5.42. The lowest BCUT2D eigenvalue weighted by molar-refractivity contribution is 0.0928. The lowest BCUT2D eigenvalue weighted by Crippen LogP contribution is -2.48. The van der Waals surface area contributed by atoms with E-state index < -0.39 is 0 Å². The Balaban J connectivity index is 1.36. The van der Waals surface area contributed by atoms with Gasteiger partial charge in [-0.15, -0.1) is 11.3 Å². The van der Waals surface area contributed by atoms with Gasteiger partial charge in [0.05, 0.1) is 5.01 Å². The van der Waals surface area contributed by atoms with Crippen molar-refractivity contribution in [1.29, 1.82) is 0 Å². The number of hydrogen-bond acceptors (Lipinski definition) is 6. The van der Waals surface area contributed by atoms with Crippen molar-refractivity contribution in [3.05, 3.63) is 70.4 Å². The van der Waals surface area contributed by atoms with E-state index in [2.05, 4.69) is 37.3 Å². The molecule has 1 fully saturated rings. The van der Waals surface area contributed by atoms with Gasteiger partial charge in [-0.1, -0.05) is 30.3 Å². The molecule has 1 aliphatic rings. The molecule has 0 radical (unpaired) electrons. The highest BCUT2D eigenvalue weighted by Gasteiger charge is 2.24. The second-order valence-electron chi connectivity index (χ2n) is 6.60. The molecule has 3 heterocycles. The van der Waals surface area contributed by atoms with E-state index in [-0.39, 0.29) is 11.9 Å². The molecular weight excluding hydrogens is 358 g/mol. The van der Waals surface area contributed by atoms with Crippen LogP contribution in [0.25, 0.3) is 0 Å². The zero-order valence-corrected chi connectivity index (χ0v) is 15.7. The molecule has 4 rings (SSSR count). The molecule has 27 heavy (non-hydrogen) atoms. The summed E-state index contributed by atoms with van der Waals surface area (Å²) >= 11 is 1.53. The summed E-state index contributed by atoms with van der Waals surface area (Å²) in [6, 6.07) is 12.1. The Morgan fingerprint density at radius 1 is 1.19 bits per heavy atom. The summed E-state index contributed by atoms with van der Waals surface area (Å²) in [5, 5.41) is 5.91. The molecule has 0 unspecified atom stereocenters. The van der Waals surface area contributed by atoms with E-state index in [9.17, 15) is 4.79 Å². The fourth-order valence-corrected chi connectivity index (χ4v) is 4.07. The van der Waals surface area contributed by atoms with E-state index in [1.165, 1.54) is 16.9 Å². The van der Waals surface area contributed by atoms with Gasteiger partial charge in [0.25, 0.3) is 5.91 Å². The predicted octanol–water partition coefficient (Wildman–Crippen LogP) is 2.92. The van der Waals surface area contributed by atoms with Crippen molar-refractivity contribution in [2.75, 3.05) is 18.0 Å². The second kappa shape index (κ2) is 8.26. The number of rotatable bonds is 5. The number of aromatic nitrogens is 3. The average molecular weight is 379 g/mol. The molecule has 1 amide bonds. The molecule has 0 saturated carbocycles. The molecule has 0 aliphatic carbocycles. The van der Waals surface area contributed by atoms with Crippen LogP contribution in [0.1, 0.15) is 33.9 Å². The molecule has 0 bridgehead atoms. The molecule has 7 heteroatoms. The van der Waals surface area contributed by atoms with Crippen molar-refractivity contribution in [2.45, 2.75) is 25.3 Å². The lowest BCUT2D eigenvalue weighted by atomic mass is 10.1. The number of benzene rings is 1. The zero-order chi connectivity index (χ0) is 18.5. The lowest BCUT2D eigenvalue weighted by Gasteiger charge is -2.32. The van der Waals surface area contributed by atoms with Crippen LogP contribution < -0.4 is 10.2 Å². The highest BCUT2D eigenvalue weighted by Crippen LogP contribution is 2.17. The molecule has 1 saturated heterocycles. The Hall–Kier alpha value is -2.80. The van der Waals surface area contributed by atoms with Gasteiger partial charge in [-0.2, -0.15) is 0 Å². The number of nitrogens with one attached hydrogen (secondary N) is 1. The first-order chi connectivity index (χ1) is 13.3. The normalized spacial score (nSPS) is 16.9. The van der Waals surface area contributed by atoms with Gasteiger partial charge in [-0.05, 0) is 24.5 Å². The van der Waals surface area contributed by atoms with Crippen LogP contribution in [-0.2, 0) is 6.42 Å². The molecule has 1 aromatic carbocycles. The molecule has 0 spiro atoms. The SMILES string of the molecule is O=C(N[C@H]1CCCN(c2ncccn2)C1)c1csc(Cc2ccccc2)n1. The number of amides is 1. The Bertz CT molecular complexity index is 884. The van der Waals surface area contributed by atoms with Gasteiger partial charge in [-0.25, -0.2) is 15.0 Å². The van der Waals surface area contributed by atoms with Crippen molar-refractivity contribution >= 4 is 23.2 Å². The van der Waals surface area contributed by atoms with Gasteiger partial charge in [0.2, 0.25) is 5.95 Å². The minimum absolute atomic E-state index is 0.0781. The fourth-order valence-electron chi connectivity index (χ4n) is 3.26. The first-order valence-corrected chi connectivity index (χ1v) is 9.97. The van der Waals surface area contributed by atoms with Crippen LogP contribution in [0, 0.1) is 0 Å². The van der Waals surface area contributed by atoms with E-state index in [4.69, 9.17) is 0 Å². The predicted molar refractivity (Wildman–Crippen MR) is 106 cm³/mol. The van der Waals surface area contributed by atoms with Gasteiger partial charge in [0.1, 0.15) is 5.69 Å². The van der Waals surface area contributed by atoms with Crippen molar-refractivity contribution in [2.24, 2.45) is 0 Å². The van der Waals surface area contributed by atoms with E-state index in [0.717, 1.165) is 43.3 Å². The number of carbonyl (C=O) groups is 1. The van der Waals surface area contributed by atoms with Crippen LogP contribution in [0.15, 0.2) is 54.2 Å². The van der Waals surface area contributed by atoms with Crippen LogP contribution in [0.2, 0.25) is 0 Å². The van der Waals surface area contributed by atoms with Crippen LogP contribution >= 0.6 is 11.3 Å². The smallest absolute Gasteiger partial charge is 0.271 e. The number of carbonyl (C=O) groups excluding carboxylic acids is 1. The average Bonchev–Trinajstić information content (AvgIpc) is 3.18. The summed E-state index contributed by atoms with van der Waals surface area (Å²) in [7, 11) is 0. The number of piperidine rings is 1. The van der Waals surface area contributed by atoms with Crippen LogP contribution in [0.5, 0.6) is 0 Å². The molecule has 1 aliphatic heterocycles. The van der Waals surface area contributed by atoms with Gasteiger partial charge < -0.3 is 10.2 Å². The molecule has 3 aromatic rings. The highest BCUT2D eigenvalue weighted by atomic mass is 32.1. The largest absolute Gasteiger partial charge is 0.346 e. The van der Waals surface area contributed by atoms with E-state index in [1.807, 2.05) is 29.6 Å². The minimum Gasteiger partial charge on any atom is -0.346 e. The first-order valence-electron chi connectivity index (χ1n) is 9.09. The Morgan fingerprint density at radius 3 is 2.81 bits per heavy atom. The molecule has 1 atom stereocenters. The summed E-state index contributed by atoms with van der Waals surface area (Å²) < 4.78 is 0. The number of anilines is 1. The Kier molecular flexibility index (Phi) is 5.39. The Morgan fingerprint density at radius 2 is 2.00 bits per heavy atom. The van der Waals surface area contributed by atoms with Gasteiger partial charge in [0.15, 0.2) is 0 Å². The van der Waals surface area contributed by atoms with Crippen molar-refractivity contribution in [1.82, 2.24) is 20.3 Å². The summed E-state index contributed by atoms with van der Waals surface area (Å²) in [6.45, 7) is 1.63. The maximum Gasteiger partial charge on any atom is 0.271 e. The molecular formula is C20H21N5OS. The maximum atomic E-state index is 12.6. The summed E-state index contributed by atoms with van der Waals surface area (Å²) in [4.78, 5) is 27.9. The second-order valence-corrected chi connectivity index (χ2v) is 7.54.